The van der Waals surface area contributed by atoms with Crippen LogP contribution in [-0.4, -0.2) is 72.4 Å². The van der Waals surface area contributed by atoms with E-state index in [0.29, 0.717) is 24.2 Å². The molecule has 1 saturated heterocycles. The smallest absolute Gasteiger partial charge is 0.103 e. The SMILES string of the molecule is CC[C@H]1O[C@@H](C(C)=CCC=C[C@H]2[C@@H](C)[C@@H]2C=C[C@@H]2O[C@H](CCO)C[C@H](N(C)C)[C@H]2O)CC=C1C. The molecule has 3 rings (SSSR count). The number of allylic oxidation sites excluding steroid dienone is 4. The van der Waals surface area contributed by atoms with Crippen LogP contribution >= 0.6 is 0 Å². The van der Waals surface area contributed by atoms with Crippen LogP contribution in [0.1, 0.15) is 59.8 Å². The van der Waals surface area contributed by atoms with Crippen molar-refractivity contribution in [1.29, 1.82) is 0 Å². The van der Waals surface area contributed by atoms with Crippen molar-refractivity contribution in [2.24, 2.45) is 17.8 Å². The number of aliphatic hydroxyl groups excluding tert-OH is 2. The van der Waals surface area contributed by atoms with Crippen molar-refractivity contribution < 1.29 is 19.7 Å². The van der Waals surface area contributed by atoms with Crippen LogP contribution in [0.4, 0.5) is 0 Å². The Morgan fingerprint density at radius 3 is 2.59 bits per heavy atom. The molecule has 0 unspecified atom stereocenters. The van der Waals surface area contributed by atoms with Gasteiger partial charge < -0.3 is 24.6 Å². The van der Waals surface area contributed by atoms with Gasteiger partial charge in [-0.3, -0.25) is 0 Å². The van der Waals surface area contributed by atoms with E-state index < -0.39 is 6.10 Å². The molecule has 0 spiro atoms. The number of aliphatic hydroxyl groups is 2. The van der Waals surface area contributed by atoms with Crippen LogP contribution in [0.3, 0.4) is 0 Å². The van der Waals surface area contributed by atoms with Gasteiger partial charge in [-0.05, 0) is 88.9 Å². The Balaban J connectivity index is 1.50. The first-order chi connectivity index (χ1) is 16.3. The molecule has 192 valence electrons. The van der Waals surface area contributed by atoms with Gasteiger partial charge in [-0.1, -0.05) is 50.3 Å². The van der Waals surface area contributed by atoms with Crippen molar-refractivity contribution in [3.05, 3.63) is 47.6 Å². The van der Waals surface area contributed by atoms with E-state index in [1.807, 2.05) is 14.1 Å². The van der Waals surface area contributed by atoms with E-state index in [4.69, 9.17) is 9.47 Å². The molecule has 0 aromatic carbocycles. The first-order valence-electron chi connectivity index (χ1n) is 13.2. The zero-order valence-corrected chi connectivity index (χ0v) is 22.1. The van der Waals surface area contributed by atoms with Crippen LogP contribution < -0.4 is 0 Å². The van der Waals surface area contributed by atoms with Crippen molar-refractivity contribution in [3.63, 3.8) is 0 Å². The van der Waals surface area contributed by atoms with Gasteiger partial charge in [-0.25, -0.2) is 0 Å². The summed E-state index contributed by atoms with van der Waals surface area (Å²) in [6, 6.07) is 0.0439. The molecule has 0 bridgehead atoms. The van der Waals surface area contributed by atoms with Gasteiger partial charge in [0.1, 0.15) is 6.10 Å². The maximum absolute atomic E-state index is 10.8. The summed E-state index contributed by atoms with van der Waals surface area (Å²) in [6.07, 6.45) is 17.4. The normalized spacial score (nSPS) is 39.3. The number of likely N-dealkylation sites (N-methyl/N-ethyl adjacent to an activating group) is 1. The molecule has 2 heterocycles. The Morgan fingerprint density at radius 1 is 1.18 bits per heavy atom. The van der Waals surface area contributed by atoms with Crippen LogP contribution in [0, 0.1) is 17.8 Å². The largest absolute Gasteiger partial charge is 0.396 e. The third-order valence-electron chi connectivity index (χ3n) is 8.04. The lowest BCUT2D eigenvalue weighted by molar-refractivity contribution is -0.132. The summed E-state index contributed by atoms with van der Waals surface area (Å²) in [7, 11) is 3.99. The highest BCUT2D eigenvalue weighted by Gasteiger charge is 2.43. The number of ether oxygens (including phenoxy) is 2. The van der Waals surface area contributed by atoms with E-state index in [1.165, 1.54) is 11.1 Å². The standard InChI is InChI=1S/C29H47NO4/c1-7-26-20(3)12-14-27(34-26)19(2)10-8-9-11-23-21(4)24(23)13-15-28-29(32)25(30(5)6)18-22(33-28)16-17-31/h9-13,15,21-29,31-32H,7-8,14,16-18H2,1-6H3/t21-,22-,23+,24+,25+,26-,27-,28+,29-/m1/s1. The molecule has 2 N–H and O–H groups in total. The zero-order valence-electron chi connectivity index (χ0n) is 22.1. The number of hydrogen-bond donors (Lipinski definition) is 2. The first kappa shape index (κ1) is 27.3. The van der Waals surface area contributed by atoms with Gasteiger partial charge >= 0.3 is 0 Å². The van der Waals surface area contributed by atoms with Gasteiger partial charge in [0.25, 0.3) is 0 Å². The fraction of sp³-hybridized carbons (Fsp3) is 0.724. The van der Waals surface area contributed by atoms with E-state index in [2.05, 4.69) is 69.1 Å². The summed E-state index contributed by atoms with van der Waals surface area (Å²) in [6.45, 7) is 8.94. The van der Waals surface area contributed by atoms with Gasteiger partial charge in [-0.2, -0.15) is 0 Å². The van der Waals surface area contributed by atoms with Crippen LogP contribution in [0.2, 0.25) is 0 Å². The molecule has 0 amide bonds. The van der Waals surface area contributed by atoms with E-state index in [9.17, 15) is 10.2 Å². The average molecular weight is 474 g/mol. The van der Waals surface area contributed by atoms with Crippen molar-refractivity contribution in [2.75, 3.05) is 20.7 Å². The Morgan fingerprint density at radius 2 is 1.91 bits per heavy atom. The summed E-state index contributed by atoms with van der Waals surface area (Å²) in [4.78, 5) is 2.07. The van der Waals surface area contributed by atoms with Gasteiger partial charge in [0, 0.05) is 12.6 Å². The van der Waals surface area contributed by atoms with Crippen molar-refractivity contribution >= 4 is 0 Å². The number of rotatable bonds is 10. The molecule has 2 fully saturated rings. The molecule has 0 aromatic heterocycles. The van der Waals surface area contributed by atoms with Crippen molar-refractivity contribution in [1.82, 2.24) is 4.90 Å². The van der Waals surface area contributed by atoms with Crippen LogP contribution in [0.15, 0.2) is 47.6 Å². The Hall–Kier alpha value is -1.24. The summed E-state index contributed by atoms with van der Waals surface area (Å²) < 4.78 is 12.4. The van der Waals surface area contributed by atoms with Crippen LogP contribution in [-0.2, 0) is 9.47 Å². The molecule has 5 heteroatoms. The maximum atomic E-state index is 10.8. The fourth-order valence-electron chi connectivity index (χ4n) is 5.48. The second kappa shape index (κ2) is 12.6. The minimum atomic E-state index is -0.551. The summed E-state index contributed by atoms with van der Waals surface area (Å²) in [5, 5.41) is 20.2. The molecule has 9 atom stereocenters. The second-order valence-electron chi connectivity index (χ2n) is 10.7. The zero-order chi connectivity index (χ0) is 24.8. The number of nitrogens with zero attached hydrogens (tertiary/aromatic N) is 1. The number of hydrogen-bond acceptors (Lipinski definition) is 5. The van der Waals surface area contributed by atoms with Crippen LogP contribution in [0.25, 0.3) is 0 Å². The Bertz CT molecular complexity index is 770. The summed E-state index contributed by atoms with van der Waals surface area (Å²) >= 11 is 0. The highest BCUT2D eigenvalue weighted by molar-refractivity contribution is 5.19. The van der Waals surface area contributed by atoms with E-state index in [-0.39, 0.29) is 37.1 Å². The van der Waals surface area contributed by atoms with Crippen molar-refractivity contribution in [3.8, 4) is 0 Å². The molecular weight excluding hydrogens is 426 g/mol. The molecule has 0 radical (unpaired) electrons. The Labute approximate surface area is 207 Å². The average Bonchev–Trinajstić information content (AvgIpc) is 3.44. The third-order valence-corrected chi connectivity index (χ3v) is 8.04. The summed E-state index contributed by atoms with van der Waals surface area (Å²) in [5.41, 5.74) is 2.68. The second-order valence-corrected chi connectivity index (χ2v) is 10.7. The molecular formula is C29H47NO4. The van der Waals surface area contributed by atoms with Gasteiger partial charge in [0.2, 0.25) is 0 Å². The van der Waals surface area contributed by atoms with Crippen molar-refractivity contribution in [2.45, 2.75) is 96.4 Å². The highest BCUT2D eigenvalue weighted by Crippen LogP contribution is 2.48. The van der Waals surface area contributed by atoms with Gasteiger partial charge in [0.15, 0.2) is 0 Å². The van der Waals surface area contributed by atoms with E-state index in [0.717, 1.165) is 25.7 Å². The molecule has 5 nitrogen and oxygen atoms in total. The lowest BCUT2D eigenvalue weighted by atomic mass is 9.92. The molecule has 2 aliphatic heterocycles. The fourth-order valence-corrected chi connectivity index (χ4v) is 5.48. The van der Waals surface area contributed by atoms with Gasteiger partial charge in [-0.15, -0.1) is 0 Å². The van der Waals surface area contributed by atoms with E-state index in [1.54, 1.807) is 0 Å². The predicted molar refractivity (Wildman–Crippen MR) is 139 cm³/mol. The quantitative estimate of drug-likeness (QED) is 0.452. The minimum absolute atomic E-state index is 0.0158. The molecule has 34 heavy (non-hydrogen) atoms. The predicted octanol–water partition coefficient (Wildman–Crippen LogP) is 4.66. The lowest BCUT2D eigenvalue weighted by Crippen LogP contribution is -2.53. The summed E-state index contributed by atoms with van der Waals surface area (Å²) in [5.74, 6) is 1.65. The first-order valence-corrected chi connectivity index (χ1v) is 13.2. The lowest BCUT2D eigenvalue weighted by Gasteiger charge is -2.41. The Kier molecular flexibility index (Phi) is 10.2. The van der Waals surface area contributed by atoms with Crippen LogP contribution in [0.5, 0.6) is 0 Å². The minimum Gasteiger partial charge on any atom is -0.396 e. The van der Waals surface area contributed by atoms with E-state index >= 15 is 0 Å². The molecule has 3 aliphatic rings. The molecule has 0 aromatic rings. The third kappa shape index (κ3) is 6.92. The maximum Gasteiger partial charge on any atom is 0.103 e. The monoisotopic (exact) mass is 473 g/mol. The molecule has 1 saturated carbocycles. The molecule has 1 aliphatic carbocycles. The topological polar surface area (TPSA) is 62.2 Å². The highest BCUT2D eigenvalue weighted by atomic mass is 16.5. The van der Waals surface area contributed by atoms with Gasteiger partial charge in [0.05, 0.1) is 24.4 Å².